The topological polar surface area (TPSA) is 38.8 Å². The molecule has 0 spiro atoms. The molecule has 2 heterocycles. The van der Waals surface area contributed by atoms with Gasteiger partial charge >= 0.3 is 6.09 Å². The van der Waals surface area contributed by atoms with Gasteiger partial charge in [0.1, 0.15) is 6.61 Å². The molecule has 2 aliphatic rings. The third-order valence-corrected chi connectivity index (χ3v) is 2.40. The lowest BCUT2D eigenvalue weighted by Crippen LogP contribution is -2.33. The van der Waals surface area contributed by atoms with Gasteiger partial charge in [0.2, 0.25) is 0 Å². The number of ether oxygens (including phenoxy) is 2. The maximum atomic E-state index is 11.0. The first-order valence-corrected chi connectivity index (χ1v) is 3.79. The number of nitrogens with zero attached hydrogens (tertiary/aromatic N) is 1. The Bertz CT molecular complexity index is 183. The van der Waals surface area contributed by atoms with Crippen molar-refractivity contribution in [3.8, 4) is 0 Å². The standard InChI is InChI=1S/C7H11NO3/c1-10-6-2-3-8-5(6)4-11-7(8)9/h5-6H,2-4H2,1H3. The molecule has 0 aromatic rings. The van der Waals surface area contributed by atoms with Crippen molar-refractivity contribution >= 4 is 6.09 Å². The summed E-state index contributed by atoms with van der Waals surface area (Å²) in [5.41, 5.74) is 0. The summed E-state index contributed by atoms with van der Waals surface area (Å²) in [7, 11) is 1.68. The lowest BCUT2D eigenvalue weighted by Gasteiger charge is -2.14. The van der Waals surface area contributed by atoms with Crippen molar-refractivity contribution in [1.82, 2.24) is 4.90 Å². The minimum atomic E-state index is -0.186. The highest BCUT2D eigenvalue weighted by molar-refractivity contribution is 5.70. The fourth-order valence-electron chi connectivity index (χ4n) is 1.76. The molecule has 0 N–H and O–H groups in total. The highest BCUT2D eigenvalue weighted by atomic mass is 16.6. The molecule has 62 valence electrons. The van der Waals surface area contributed by atoms with Crippen molar-refractivity contribution in [3.63, 3.8) is 0 Å². The van der Waals surface area contributed by atoms with E-state index < -0.39 is 0 Å². The maximum Gasteiger partial charge on any atom is 0.410 e. The molecule has 4 nitrogen and oxygen atoms in total. The van der Waals surface area contributed by atoms with Gasteiger partial charge in [-0.2, -0.15) is 0 Å². The first-order valence-electron chi connectivity index (χ1n) is 3.79. The molecular formula is C7H11NO3. The van der Waals surface area contributed by atoms with Gasteiger partial charge in [-0.3, -0.25) is 4.90 Å². The summed E-state index contributed by atoms with van der Waals surface area (Å²) in [5.74, 6) is 0. The number of fused-ring (bicyclic) bond motifs is 1. The molecule has 4 heteroatoms. The van der Waals surface area contributed by atoms with Gasteiger partial charge in [0.05, 0.1) is 12.1 Å². The lowest BCUT2D eigenvalue weighted by molar-refractivity contribution is 0.0766. The van der Waals surface area contributed by atoms with Crippen molar-refractivity contribution in [1.29, 1.82) is 0 Å². The molecule has 11 heavy (non-hydrogen) atoms. The molecule has 0 bridgehead atoms. The van der Waals surface area contributed by atoms with Crippen molar-refractivity contribution in [2.45, 2.75) is 18.6 Å². The minimum Gasteiger partial charge on any atom is -0.447 e. The summed E-state index contributed by atoms with van der Waals surface area (Å²) in [6.07, 6.45) is 0.937. The predicted octanol–water partition coefficient (Wildman–Crippen LogP) is 0.226. The fourth-order valence-corrected chi connectivity index (χ4v) is 1.76. The molecule has 1 amide bonds. The van der Waals surface area contributed by atoms with Crippen LogP contribution in [0, 0.1) is 0 Å². The normalized spacial score (nSPS) is 35.7. The molecule has 2 fully saturated rings. The largest absolute Gasteiger partial charge is 0.447 e. The lowest BCUT2D eigenvalue weighted by atomic mass is 10.2. The average molecular weight is 157 g/mol. The number of amides is 1. The number of methoxy groups -OCH3 is 1. The Morgan fingerprint density at radius 1 is 1.73 bits per heavy atom. The number of carbonyl (C=O) groups excluding carboxylic acids is 1. The first-order chi connectivity index (χ1) is 5.33. The Morgan fingerprint density at radius 2 is 2.55 bits per heavy atom. The first kappa shape index (κ1) is 6.91. The second kappa shape index (κ2) is 2.37. The van der Waals surface area contributed by atoms with Gasteiger partial charge in [-0.05, 0) is 6.42 Å². The Balaban J connectivity index is 2.10. The number of hydrogen-bond donors (Lipinski definition) is 0. The highest BCUT2D eigenvalue weighted by Crippen LogP contribution is 2.25. The third-order valence-electron chi connectivity index (χ3n) is 2.40. The summed E-state index contributed by atoms with van der Waals surface area (Å²) in [5, 5.41) is 0. The molecule has 2 unspecified atom stereocenters. The predicted molar refractivity (Wildman–Crippen MR) is 37.3 cm³/mol. The van der Waals surface area contributed by atoms with Crippen LogP contribution in [0.15, 0.2) is 0 Å². The van der Waals surface area contributed by atoms with E-state index in [-0.39, 0.29) is 18.2 Å². The smallest absolute Gasteiger partial charge is 0.410 e. The van der Waals surface area contributed by atoms with E-state index in [2.05, 4.69) is 0 Å². The summed E-state index contributed by atoms with van der Waals surface area (Å²) in [6.45, 7) is 1.28. The van der Waals surface area contributed by atoms with Crippen molar-refractivity contribution < 1.29 is 14.3 Å². The molecule has 0 radical (unpaired) electrons. The number of carbonyl (C=O) groups is 1. The van der Waals surface area contributed by atoms with Crippen LogP contribution in [0.2, 0.25) is 0 Å². The molecular weight excluding hydrogens is 146 g/mol. The zero-order valence-corrected chi connectivity index (χ0v) is 6.45. The zero-order chi connectivity index (χ0) is 7.84. The SMILES string of the molecule is COC1CCN2C(=O)OCC12. The van der Waals surface area contributed by atoms with Crippen LogP contribution in [0.5, 0.6) is 0 Å². The number of cyclic esters (lactones) is 1. The molecule has 0 saturated carbocycles. The second-order valence-corrected chi connectivity index (χ2v) is 2.90. The molecule has 0 aromatic heterocycles. The van der Waals surface area contributed by atoms with E-state index in [0.29, 0.717) is 6.61 Å². The Hall–Kier alpha value is -0.770. The Labute approximate surface area is 65.1 Å². The molecule has 0 aromatic carbocycles. The number of rotatable bonds is 1. The van der Waals surface area contributed by atoms with Gasteiger partial charge in [0, 0.05) is 13.7 Å². The van der Waals surface area contributed by atoms with Crippen LogP contribution >= 0.6 is 0 Å². The molecule has 2 aliphatic heterocycles. The monoisotopic (exact) mass is 157 g/mol. The summed E-state index contributed by atoms with van der Waals surface area (Å²) < 4.78 is 10.1. The van der Waals surface area contributed by atoms with Crippen LogP contribution in [0.1, 0.15) is 6.42 Å². The van der Waals surface area contributed by atoms with Gasteiger partial charge in [0.15, 0.2) is 0 Å². The summed E-state index contributed by atoms with van der Waals surface area (Å²) in [4.78, 5) is 12.7. The van der Waals surface area contributed by atoms with E-state index in [1.165, 1.54) is 0 Å². The second-order valence-electron chi connectivity index (χ2n) is 2.90. The van der Waals surface area contributed by atoms with Crippen LogP contribution < -0.4 is 0 Å². The quantitative estimate of drug-likeness (QED) is 0.546. The number of hydrogen-bond acceptors (Lipinski definition) is 3. The maximum absolute atomic E-state index is 11.0. The summed E-state index contributed by atoms with van der Waals surface area (Å²) in [6, 6.07) is 0.174. The Kier molecular flexibility index (Phi) is 1.49. The van der Waals surface area contributed by atoms with Gasteiger partial charge in [-0.25, -0.2) is 4.79 Å². The minimum absolute atomic E-state index is 0.174. The zero-order valence-electron chi connectivity index (χ0n) is 6.45. The van der Waals surface area contributed by atoms with E-state index in [4.69, 9.17) is 9.47 Å². The van der Waals surface area contributed by atoms with Crippen LogP contribution in [0.3, 0.4) is 0 Å². The van der Waals surface area contributed by atoms with E-state index in [0.717, 1.165) is 13.0 Å². The van der Waals surface area contributed by atoms with E-state index >= 15 is 0 Å². The van der Waals surface area contributed by atoms with Crippen molar-refractivity contribution in [2.75, 3.05) is 20.3 Å². The van der Waals surface area contributed by atoms with Gasteiger partial charge < -0.3 is 9.47 Å². The van der Waals surface area contributed by atoms with E-state index in [1.54, 1.807) is 12.0 Å². The average Bonchev–Trinajstić information content (AvgIpc) is 2.53. The summed E-state index contributed by atoms with van der Waals surface area (Å²) >= 11 is 0. The van der Waals surface area contributed by atoms with Crippen LogP contribution in [-0.4, -0.2) is 43.4 Å². The van der Waals surface area contributed by atoms with Crippen molar-refractivity contribution in [3.05, 3.63) is 0 Å². The third kappa shape index (κ3) is 0.894. The molecule has 0 aliphatic carbocycles. The Morgan fingerprint density at radius 3 is 3.27 bits per heavy atom. The fraction of sp³-hybridized carbons (Fsp3) is 0.857. The van der Waals surface area contributed by atoms with Gasteiger partial charge in [-0.15, -0.1) is 0 Å². The molecule has 2 saturated heterocycles. The van der Waals surface area contributed by atoms with Crippen LogP contribution in [0.25, 0.3) is 0 Å². The van der Waals surface area contributed by atoms with E-state index in [1.807, 2.05) is 0 Å². The van der Waals surface area contributed by atoms with Crippen LogP contribution in [-0.2, 0) is 9.47 Å². The molecule has 2 atom stereocenters. The molecule has 2 rings (SSSR count). The van der Waals surface area contributed by atoms with Gasteiger partial charge in [-0.1, -0.05) is 0 Å². The van der Waals surface area contributed by atoms with Crippen molar-refractivity contribution in [2.24, 2.45) is 0 Å². The van der Waals surface area contributed by atoms with Gasteiger partial charge in [0.25, 0.3) is 0 Å². The van der Waals surface area contributed by atoms with E-state index in [9.17, 15) is 4.79 Å². The van der Waals surface area contributed by atoms with Crippen LogP contribution in [0.4, 0.5) is 4.79 Å². The highest BCUT2D eigenvalue weighted by Gasteiger charge is 2.43.